The lowest BCUT2D eigenvalue weighted by Crippen LogP contribution is -2.06. The molecule has 7 heteroatoms. The number of hydrogen-bond acceptors (Lipinski definition) is 5. The van der Waals surface area contributed by atoms with Crippen molar-refractivity contribution in [2.75, 3.05) is 12.4 Å². The maximum atomic E-state index is 10.4. The van der Waals surface area contributed by atoms with Crippen LogP contribution in [-0.4, -0.2) is 25.1 Å². The van der Waals surface area contributed by atoms with Gasteiger partial charge in [0.2, 0.25) is 0 Å². The third-order valence-corrected chi connectivity index (χ3v) is 1.83. The molecule has 0 atom stereocenters. The molecule has 0 bridgehead atoms. The lowest BCUT2D eigenvalue weighted by atomic mass is 10.3. The third kappa shape index (κ3) is 2.79. The number of phenols is 1. The maximum absolute atomic E-state index is 10.4. The number of rotatable bonds is 3. The number of nitrogens with one attached hydrogen (secondary N) is 1. The van der Waals surface area contributed by atoms with Crippen molar-refractivity contribution in [2.45, 2.75) is 0 Å². The van der Waals surface area contributed by atoms with Gasteiger partial charge in [-0.25, -0.2) is 0 Å². The topological polar surface area (TPSA) is 95.9 Å². The van der Waals surface area contributed by atoms with Crippen LogP contribution in [0.2, 0.25) is 0 Å². The molecule has 14 heavy (non-hydrogen) atoms. The lowest BCUT2D eigenvalue weighted by molar-refractivity contribution is 0.371. The van der Waals surface area contributed by atoms with Gasteiger partial charge in [-0.05, 0) is 12.1 Å². The summed E-state index contributed by atoms with van der Waals surface area (Å²) in [5.74, 6) is -0.707. The number of anilines is 1. The molecule has 0 heterocycles. The van der Waals surface area contributed by atoms with Crippen LogP contribution in [0, 0.1) is 0 Å². The van der Waals surface area contributed by atoms with E-state index in [-0.39, 0.29) is 11.5 Å². The van der Waals surface area contributed by atoms with Crippen molar-refractivity contribution in [1.29, 1.82) is 0 Å². The predicted octanol–water partition coefficient (Wildman–Crippen LogP) is 0.615. The minimum absolute atomic E-state index is 0.334. The minimum atomic E-state index is -4.61. The molecule has 0 spiro atoms. The quantitative estimate of drug-likeness (QED) is 0.509. The molecule has 0 fully saturated rings. The monoisotopic (exact) mass is 219 g/mol. The van der Waals surface area contributed by atoms with Crippen LogP contribution in [0.4, 0.5) is 5.69 Å². The molecule has 0 unspecified atom stereocenters. The van der Waals surface area contributed by atoms with E-state index < -0.39 is 10.4 Å². The van der Waals surface area contributed by atoms with Gasteiger partial charge in [-0.1, -0.05) is 0 Å². The molecule has 0 saturated heterocycles. The molecule has 0 radical (unpaired) electrons. The smallest absolute Gasteiger partial charge is 0.446 e. The van der Waals surface area contributed by atoms with Gasteiger partial charge >= 0.3 is 10.4 Å². The van der Waals surface area contributed by atoms with Gasteiger partial charge in [0.25, 0.3) is 0 Å². The van der Waals surface area contributed by atoms with Crippen molar-refractivity contribution in [1.82, 2.24) is 0 Å². The first-order valence-electron chi connectivity index (χ1n) is 3.60. The van der Waals surface area contributed by atoms with E-state index in [4.69, 9.17) is 9.66 Å². The van der Waals surface area contributed by atoms with Crippen LogP contribution in [0.25, 0.3) is 0 Å². The molecule has 6 nitrogen and oxygen atoms in total. The largest absolute Gasteiger partial charge is 0.504 e. The zero-order chi connectivity index (χ0) is 10.8. The Kier molecular flexibility index (Phi) is 2.82. The summed E-state index contributed by atoms with van der Waals surface area (Å²) < 4.78 is 33.2. The predicted molar refractivity (Wildman–Crippen MR) is 49.8 cm³/mol. The average molecular weight is 219 g/mol. The third-order valence-electron chi connectivity index (χ3n) is 1.44. The van der Waals surface area contributed by atoms with Gasteiger partial charge in [-0.2, -0.15) is 8.42 Å². The highest BCUT2D eigenvalue weighted by atomic mass is 32.3. The van der Waals surface area contributed by atoms with Gasteiger partial charge in [0.1, 0.15) is 0 Å². The normalized spacial score (nSPS) is 11.0. The Morgan fingerprint density at radius 3 is 2.57 bits per heavy atom. The van der Waals surface area contributed by atoms with Crippen molar-refractivity contribution < 1.29 is 22.3 Å². The van der Waals surface area contributed by atoms with Crippen molar-refractivity contribution in [3.63, 3.8) is 0 Å². The Hall–Kier alpha value is -1.47. The average Bonchev–Trinajstić information content (AvgIpc) is 2.06. The summed E-state index contributed by atoms with van der Waals surface area (Å²) in [6.07, 6.45) is 0. The molecule has 1 aromatic rings. The maximum Gasteiger partial charge on any atom is 0.446 e. The molecule has 0 aromatic heterocycles. The fraction of sp³-hybridized carbons (Fsp3) is 0.143. The van der Waals surface area contributed by atoms with E-state index in [9.17, 15) is 8.42 Å². The summed E-state index contributed by atoms with van der Waals surface area (Å²) in [4.78, 5) is 0. The van der Waals surface area contributed by atoms with Crippen LogP contribution in [0.3, 0.4) is 0 Å². The van der Waals surface area contributed by atoms with Gasteiger partial charge in [0, 0.05) is 18.8 Å². The Balaban J connectivity index is 3.07. The second-order valence-electron chi connectivity index (χ2n) is 2.44. The molecule has 1 rings (SSSR count). The number of aromatic hydroxyl groups is 1. The van der Waals surface area contributed by atoms with Crippen molar-refractivity contribution >= 4 is 16.1 Å². The molecule has 0 aliphatic rings. The van der Waals surface area contributed by atoms with Crippen molar-refractivity contribution in [3.05, 3.63) is 18.2 Å². The van der Waals surface area contributed by atoms with Gasteiger partial charge in [-0.15, -0.1) is 0 Å². The van der Waals surface area contributed by atoms with Gasteiger partial charge in [0.15, 0.2) is 11.5 Å². The standard InChI is InChI=1S/C7H9NO5S/c1-8-5-2-3-6(9)7(4-5)13-14(10,11)12/h2-4,8-9H,1H3,(H,10,11,12). The van der Waals surface area contributed by atoms with Crippen molar-refractivity contribution in [3.8, 4) is 11.5 Å². The highest BCUT2D eigenvalue weighted by molar-refractivity contribution is 7.81. The summed E-state index contributed by atoms with van der Waals surface area (Å²) in [5, 5.41) is 11.9. The van der Waals surface area contributed by atoms with Crippen LogP contribution in [0.1, 0.15) is 0 Å². The van der Waals surface area contributed by atoms with E-state index in [2.05, 4.69) is 9.50 Å². The van der Waals surface area contributed by atoms with Crippen LogP contribution >= 0.6 is 0 Å². The summed E-state index contributed by atoms with van der Waals surface area (Å²) >= 11 is 0. The molecule has 78 valence electrons. The number of phenolic OH excluding ortho intramolecular Hbond substituents is 1. The van der Waals surface area contributed by atoms with Gasteiger partial charge < -0.3 is 14.6 Å². The second-order valence-corrected chi connectivity index (χ2v) is 3.47. The molecule has 1 aromatic carbocycles. The number of hydrogen-bond donors (Lipinski definition) is 3. The highest BCUT2D eigenvalue weighted by Crippen LogP contribution is 2.29. The summed E-state index contributed by atoms with van der Waals surface area (Å²) in [6.45, 7) is 0. The molecular formula is C7H9NO5S. The van der Waals surface area contributed by atoms with E-state index in [0.29, 0.717) is 5.69 Å². The molecule has 3 N–H and O–H groups in total. The first-order valence-corrected chi connectivity index (χ1v) is 4.96. The first-order chi connectivity index (χ1) is 6.42. The Bertz CT molecular complexity index is 428. The Morgan fingerprint density at radius 1 is 1.43 bits per heavy atom. The lowest BCUT2D eigenvalue weighted by Gasteiger charge is -2.06. The van der Waals surface area contributed by atoms with Crippen LogP contribution in [0.5, 0.6) is 11.5 Å². The van der Waals surface area contributed by atoms with Crippen LogP contribution in [-0.2, 0) is 10.4 Å². The van der Waals surface area contributed by atoms with E-state index in [1.54, 1.807) is 7.05 Å². The first kappa shape index (κ1) is 10.6. The highest BCUT2D eigenvalue weighted by Gasteiger charge is 2.11. The minimum Gasteiger partial charge on any atom is -0.504 e. The fourth-order valence-corrected chi connectivity index (χ4v) is 1.21. The van der Waals surface area contributed by atoms with E-state index in [0.717, 1.165) is 0 Å². The van der Waals surface area contributed by atoms with Gasteiger partial charge in [-0.3, -0.25) is 4.55 Å². The number of benzene rings is 1. The fourth-order valence-electron chi connectivity index (χ4n) is 0.850. The second kappa shape index (κ2) is 3.72. The van der Waals surface area contributed by atoms with E-state index >= 15 is 0 Å². The Morgan fingerprint density at radius 2 is 2.07 bits per heavy atom. The molecule has 0 amide bonds. The molecule has 0 aliphatic heterocycles. The SMILES string of the molecule is CNc1ccc(O)c(OS(=O)(=O)O)c1. The van der Waals surface area contributed by atoms with E-state index in [1.807, 2.05) is 0 Å². The molecular weight excluding hydrogens is 210 g/mol. The van der Waals surface area contributed by atoms with Crippen LogP contribution < -0.4 is 9.50 Å². The zero-order valence-electron chi connectivity index (χ0n) is 7.26. The molecule has 0 aliphatic carbocycles. The molecule has 0 saturated carbocycles. The summed E-state index contributed by atoms with van der Waals surface area (Å²) in [7, 11) is -3.00. The summed E-state index contributed by atoms with van der Waals surface area (Å²) in [6, 6.07) is 4.00. The van der Waals surface area contributed by atoms with Crippen molar-refractivity contribution in [2.24, 2.45) is 0 Å². The Labute approximate surface area is 81.1 Å². The summed E-state index contributed by atoms with van der Waals surface area (Å²) in [5.41, 5.74) is 0.543. The van der Waals surface area contributed by atoms with Crippen LogP contribution in [0.15, 0.2) is 18.2 Å². The van der Waals surface area contributed by atoms with Gasteiger partial charge in [0.05, 0.1) is 0 Å². The zero-order valence-corrected chi connectivity index (χ0v) is 8.08. The van der Waals surface area contributed by atoms with E-state index in [1.165, 1.54) is 18.2 Å².